The van der Waals surface area contributed by atoms with E-state index in [-0.39, 0.29) is 0 Å². The maximum absolute atomic E-state index is 9.06. The van der Waals surface area contributed by atoms with Crippen LogP contribution in [0.3, 0.4) is 0 Å². The van der Waals surface area contributed by atoms with Gasteiger partial charge in [0.15, 0.2) is 11.1 Å². The molecule has 1 aromatic carbocycles. The first-order valence-corrected chi connectivity index (χ1v) is 7.88. The molecule has 0 aliphatic heterocycles. The molecular formula is C16H17Cl2N3O. The van der Waals surface area contributed by atoms with Gasteiger partial charge in [0.25, 0.3) is 0 Å². The number of ether oxygens (including phenoxy) is 1. The molecule has 0 fully saturated rings. The Bertz CT molecular complexity index is 642. The molecule has 0 N–H and O–H groups in total. The Morgan fingerprint density at radius 3 is 2.41 bits per heavy atom. The van der Waals surface area contributed by atoms with Crippen LogP contribution in [0.4, 0.5) is 0 Å². The predicted molar refractivity (Wildman–Crippen MR) is 89.4 cm³/mol. The molecule has 0 heterocycles. The smallest absolute Gasteiger partial charge is 0.317 e. The first kappa shape index (κ1) is 16.6. The minimum Gasteiger partial charge on any atom is -0.455 e. The summed E-state index contributed by atoms with van der Waals surface area (Å²) < 4.78 is 5.93. The lowest BCUT2D eigenvalue weighted by molar-refractivity contribution is -0.00546. The van der Waals surface area contributed by atoms with Crippen LogP contribution >= 0.6 is 23.2 Å². The van der Waals surface area contributed by atoms with Crippen molar-refractivity contribution in [2.45, 2.75) is 19.2 Å². The number of rotatable bonds is 5. The zero-order valence-corrected chi connectivity index (χ0v) is 14.0. The van der Waals surface area contributed by atoms with Crippen LogP contribution in [0, 0.1) is 0 Å². The molecule has 116 valence electrons. The molecular weight excluding hydrogens is 321 g/mol. The predicted octanol–water partition coefficient (Wildman–Crippen LogP) is 4.12. The van der Waals surface area contributed by atoms with Gasteiger partial charge in [0, 0.05) is 18.1 Å². The third-order valence-electron chi connectivity index (χ3n) is 3.38. The highest BCUT2D eigenvalue weighted by Gasteiger charge is 2.28. The van der Waals surface area contributed by atoms with Gasteiger partial charge in [0.05, 0.1) is 11.8 Å². The van der Waals surface area contributed by atoms with Crippen molar-refractivity contribution in [3.63, 3.8) is 0 Å². The summed E-state index contributed by atoms with van der Waals surface area (Å²) in [6.45, 7) is 5.75. The summed E-state index contributed by atoms with van der Waals surface area (Å²) >= 11 is 12.1. The van der Waals surface area contributed by atoms with Gasteiger partial charge in [-0.25, -0.2) is 0 Å². The van der Waals surface area contributed by atoms with E-state index in [1.165, 1.54) is 0 Å². The fourth-order valence-electron chi connectivity index (χ4n) is 2.21. The van der Waals surface area contributed by atoms with Gasteiger partial charge in [0.1, 0.15) is 5.75 Å². The molecule has 2 rings (SSSR count). The van der Waals surface area contributed by atoms with Crippen molar-refractivity contribution in [2.75, 3.05) is 13.1 Å². The lowest BCUT2D eigenvalue weighted by atomic mass is 10.1. The average Bonchev–Trinajstić information content (AvgIpc) is 2.53. The highest BCUT2D eigenvalue weighted by atomic mass is 35.5. The number of alkyl halides is 1. The van der Waals surface area contributed by atoms with E-state index in [0.29, 0.717) is 22.2 Å². The van der Waals surface area contributed by atoms with E-state index >= 15 is 0 Å². The fourth-order valence-corrected chi connectivity index (χ4v) is 2.57. The van der Waals surface area contributed by atoms with Gasteiger partial charge in [-0.15, -0.1) is 11.6 Å². The SMILES string of the molecule is CCN(CC)C1=CC(Cl)C(=[N+]=[N-])C=C1Oc1ccc(Cl)cc1. The molecule has 1 aliphatic carbocycles. The van der Waals surface area contributed by atoms with Crippen molar-refractivity contribution < 1.29 is 9.53 Å². The van der Waals surface area contributed by atoms with Gasteiger partial charge < -0.3 is 15.2 Å². The van der Waals surface area contributed by atoms with Crippen LogP contribution in [0.25, 0.3) is 5.53 Å². The van der Waals surface area contributed by atoms with E-state index < -0.39 is 5.38 Å². The number of hydrogen-bond donors (Lipinski definition) is 0. The van der Waals surface area contributed by atoms with Crippen LogP contribution in [0.15, 0.2) is 47.9 Å². The number of likely N-dealkylation sites (N-methyl/N-ethyl adjacent to an activating group) is 1. The average molecular weight is 338 g/mol. The van der Waals surface area contributed by atoms with Gasteiger partial charge in [0.2, 0.25) is 0 Å². The number of halogens is 2. The highest BCUT2D eigenvalue weighted by molar-refractivity contribution is 6.35. The first-order valence-electron chi connectivity index (χ1n) is 7.07. The largest absolute Gasteiger partial charge is 0.455 e. The molecule has 1 atom stereocenters. The zero-order chi connectivity index (χ0) is 16.1. The minimum atomic E-state index is -0.488. The maximum atomic E-state index is 9.06. The molecule has 1 aromatic rings. The Kier molecular flexibility index (Phi) is 5.67. The molecule has 0 saturated heterocycles. The van der Waals surface area contributed by atoms with E-state index in [9.17, 15) is 0 Å². The molecule has 1 aliphatic rings. The maximum Gasteiger partial charge on any atom is 0.317 e. The van der Waals surface area contributed by atoms with Gasteiger partial charge >= 0.3 is 5.71 Å². The monoisotopic (exact) mass is 337 g/mol. The molecule has 0 amide bonds. The normalized spacial score (nSPS) is 17.5. The van der Waals surface area contributed by atoms with Gasteiger partial charge in [-0.3, -0.25) is 0 Å². The van der Waals surface area contributed by atoms with Crippen LogP contribution in [0.2, 0.25) is 5.02 Å². The Hall–Kier alpha value is -1.74. The molecule has 0 saturated carbocycles. The number of allylic oxidation sites excluding steroid dienone is 2. The summed E-state index contributed by atoms with van der Waals surface area (Å²) in [4.78, 5) is 5.35. The second-order valence-corrected chi connectivity index (χ2v) is 5.62. The van der Waals surface area contributed by atoms with Crippen LogP contribution in [0.5, 0.6) is 5.75 Å². The lowest BCUT2D eigenvalue weighted by Crippen LogP contribution is -2.30. The van der Waals surface area contributed by atoms with E-state index in [2.05, 4.69) is 23.5 Å². The molecule has 0 spiro atoms. The fraction of sp³-hybridized carbons (Fsp3) is 0.312. The van der Waals surface area contributed by atoms with E-state index in [0.717, 1.165) is 18.8 Å². The molecule has 0 aromatic heterocycles. The summed E-state index contributed by atoms with van der Waals surface area (Å²) in [7, 11) is 0. The molecule has 0 radical (unpaired) electrons. The van der Waals surface area contributed by atoms with Crippen molar-refractivity contribution in [2.24, 2.45) is 0 Å². The Labute approximate surface area is 140 Å². The minimum absolute atomic E-state index is 0.349. The second kappa shape index (κ2) is 7.50. The van der Waals surface area contributed by atoms with Gasteiger partial charge in [-0.05, 0) is 44.2 Å². The second-order valence-electron chi connectivity index (χ2n) is 4.72. The topological polar surface area (TPSA) is 48.9 Å². The Balaban J connectivity index is 2.36. The molecule has 6 heteroatoms. The van der Waals surface area contributed by atoms with Crippen molar-refractivity contribution >= 4 is 28.9 Å². The van der Waals surface area contributed by atoms with Gasteiger partial charge in [-0.1, -0.05) is 11.6 Å². The zero-order valence-electron chi connectivity index (χ0n) is 12.5. The van der Waals surface area contributed by atoms with Crippen LogP contribution in [-0.4, -0.2) is 33.9 Å². The highest BCUT2D eigenvalue weighted by Crippen LogP contribution is 2.27. The van der Waals surface area contributed by atoms with Crippen molar-refractivity contribution in [1.82, 2.24) is 4.90 Å². The third kappa shape index (κ3) is 3.72. The number of benzene rings is 1. The lowest BCUT2D eigenvalue weighted by Gasteiger charge is -2.28. The van der Waals surface area contributed by atoms with Gasteiger partial charge in [-0.2, -0.15) is 4.79 Å². The first-order chi connectivity index (χ1) is 10.6. The Morgan fingerprint density at radius 1 is 1.23 bits per heavy atom. The summed E-state index contributed by atoms with van der Waals surface area (Å²) in [5.41, 5.74) is 10.3. The van der Waals surface area contributed by atoms with E-state index in [1.54, 1.807) is 30.3 Å². The summed E-state index contributed by atoms with van der Waals surface area (Å²) in [5, 5.41) is 0.154. The van der Waals surface area contributed by atoms with E-state index in [4.69, 9.17) is 33.5 Å². The van der Waals surface area contributed by atoms with Crippen molar-refractivity contribution in [3.05, 3.63) is 58.4 Å². The molecule has 22 heavy (non-hydrogen) atoms. The van der Waals surface area contributed by atoms with Crippen molar-refractivity contribution in [3.8, 4) is 5.75 Å². The molecule has 1 unspecified atom stereocenters. The summed E-state index contributed by atoms with van der Waals surface area (Å²) in [6, 6.07) is 7.08. The van der Waals surface area contributed by atoms with Crippen LogP contribution in [-0.2, 0) is 0 Å². The van der Waals surface area contributed by atoms with Crippen LogP contribution in [0.1, 0.15) is 13.8 Å². The summed E-state index contributed by atoms with van der Waals surface area (Å²) in [5.74, 6) is 1.25. The standard InChI is InChI=1S/C16H17Cl2N3O/c1-3-21(4-2)15-9-13(18)14(20-19)10-16(15)22-12-7-5-11(17)6-8-12/h5-10,13H,3-4H2,1-2H3. The van der Waals surface area contributed by atoms with E-state index in [1.807, 2.05) is 6.08 Å². The van der Waals surface area contributed by atoms with Crippen molar-refractivity contribution in [1.29, 1.82) is 0 Å². The number of hydrogen-bond acceptors (Lipinski definition) is 2. The molecule has 4 nitrogen and oxygen atoms in total. The Morgan fingerprint density at radius 2 is 1.86 bits per heavy atom. The van der Waals surface area contributed by atoms with Crippen LogP contribution < -0.4 is 4.74 Å². The third-order valence-corrected chi connectivity index (χ3v) is 3.98. The summed E-state index contributed by atoms with van der Waals surface area (Å²) in [6.07, 6.45) is 3.48. The quantitative estimate of drug-likeness (QED) is 0.461. The molecule has 0 bridgehead atoms. The number of nitrogens with zero attached hydrogens (tertiary/aromatic N) is 3.